The second-order valence-corrected chi connectivity index (χ2v) is 6.38. The normalized spacial score (nSPS) is 13.9. The van der Waals surface area contributed by atoms with E-state index in [0.29, 0.717) is 4.90 Å². The average molecular weight is 454 g/mol. The van der Waals surface area contributed by atoms with Gasteiger partial charge in [-0.05, 0) is 36.4 Å². The fourth-order valence-corrected chi connectivity index (χ4v) is 2.44. The molecule has 0 saturated heterocycles. The summed E-state index contributed by atoms with van der Waals surface area (Å²) >= 11 is 0. The van der Waals surface area contributed by atoms with Crippen LogP contribution >= 0.6 is 0 Å². The number of hydrogen-bond donors (Lipinski definition) is 2. The van der Waals surface area contributed by atoms with Gasteiger partial charge in [0.15, 0.2) is 0 Å². The molecule has 0 spiro atoms. The van der Waals surface area contributed by atoms with E-state index in [9.17, 15) is 41.0 Å². The Morgan fingerprint density at radius 1 is 1.10 bits per heavy atom. The van der Waals surface area contributed by atoms with Crippen LogP contribution in [0.2, 0.25) is 0 Å². The van der Waals surface area contributed by atoms with Crippen LogP contribution < -0.4 is 10.1 Å². The van der Waals surface area contributed by atoms with Crippen LogP contribution in [0.3, 0.4) is 0 Å². The van der Waals surface area contributed by atoms with E-state index in [0.717, 1.165) is 49.7 Å². The number of aliphatic hydroxyl groups is 1. The minimum Gasteiger partial charge on any atom is -0.466 e. The number of alkyl halides is 6. The number of carbonyl (C=O) groups excluding carboxylic acids is 2. The largest absolute Gasteiger partial charge is 0.573 e. The highest BCUT2D eigenvalue weighted by Gasteiger charge is 2.58. The van der Waals surface area contributed by atoms with Crippen LogP contribution in [0.1, 0.15) is 12.2 Å². The number of amides is 2. The molecule has 31 heavy (non-hydrogen) atoms. The van der Waals surface area contributed by atoms with Gasteiger partial charge in [0.2, 0.25) is 17.4 Å². The Morgan fingerprint density at radius 3 is 2.19 bits per heavy atom. The number of anilines is 1. The second-order valence-electron chi connectivity index (χ2n) is 6.38. The highest BCUT2D eigenvalue weighted by molar-refractivity contribution is 5.94. The van der Waals surface area contributed by atoms with Gasteiger partial charge in [0.05, 0.1) is 19.2 Å². The molecule has 1 aromatic carbocycles. The Morgan fingerprint density at radius 2 is 1.71 bits per heavy atom. The Balaban J connectivity index is 1.98. The summed E-state index contributed by atoms with van der Waals surface area (Å²) < 4.78 is 84.7. The summed E-state index contributed by atoms with van der Waals surface area (Å²) in [5.74, 6) is -3.45. The van der Waals surface area contributed by atoms with Crippen LogP contribution in [-0.4, -0.2) is 48.0 Å². The van der Waals surface area contributed by atoms with Gasteiger partial charge in [0, 0.05) is 12.7 Å². The lowest BCUT2D eigenvalue weighted by Gasteiger charge is -2.29. The van der Waals surface area contributed by atoms with E-state index in [1.54, 1.807) is 0 Å². The van der Waals surface area contributed by atoms with E-state index in [2.05, 4.69) is 14.5 Å². The number of halogens is 6. The first-order chi connectivity index (χ1) is 14.2. The summed E-state index contributed by atoms with van der Waals surface area (Å²) in [6.07, 6.45) is -10.7. The van der Waals surface area contributed by atoms with Gasteiger partial charge < -0.3 is 24.5 Å². The Kier molecular flexibility index (Phi) is 6.89. The molecule has 0 aliphatic rings. The minimum atomic E-state index is -5.23. The van der Waals surface area contributed by atoms with Gasteiger partial charge in [0.1, 0.15) is 11.5 Å². The highest BCUT2D eigenvalue weighted by atomic mass is 19.4. The first-order valence-corrected chi connectivity index (χ1v) is 8.44. The van der Waals surface area contributed by atoms with Crippen LogP contribution in [0.5, 0.6) is 5.75 Å². The quantitative estimate of drug-likeness (QED) is 0.626. The van der Waals surface area contributed by atoms with Gasteiger partial charge >= 0.3 is 12.5 Å². The summed E-state index contributed by atoms with van der Waals surface area (Å²) in [6.45, 7) is -0.689. The number of hydrogen-bond acceptors (Lipinski definition) is 5. The first-order valence-electron chi connectivity index (χ1n) is 8.44. The van der Waals surface area contributed by atoms with E-state index in [-0.39, 0.29) is 5.69 Å². The SMILES string of the molecule is CN(CC(=O)Nc1ccc(OC(F)(F)F)cc1)C(=O)C[C@](O)(c1ccco1)C(F)(F)F. The lowest BCUT2D eigenvalue weighted by atomic mass is 9.95. The fourth-order valence-electron chi connectivity index (χ4n) is 2.44. The number of rotatable bonds is 7. The molecule has 2 rings (SSSR count). The van der Waals surface area contributed by atoms with Crippen molar-refractivity contribution in [2.75, 3.05) is 18.9 Å². The van der Waals surface area contributed by atoms with Crippen molar-refractivity contribution in [3.63, 3.8) is 0 Å². The van der Waals surface area contributed by atoms with Crippen LogP contribution in [-0.2, 0) is 15.2 Å². The van der Waals surface area contributed by atoms with Gasteiger partial charge in [-0.25, -0.2) is 0 Å². The molecule has 2 N–H and O–H groups in total. The van der Waals surface area contributed by atoms with Crippen molar-refractivity contribution in [1.82, 2.24) is 4.90 Å². The Bertz CT molecular complexity index is 896. The lowest BCUT2D eigenvalue weighted by molar-refractivity contribution is -0.274. The van der Waals surface area contributed by atoms with E-state index in [4.69, 9.17) is 0 Å². The van der Waals surface area contributed by atoms with E-state index < -0.39 is 54.4 Å². The molecule has 2 amide bonds. The summed E-state index contributed by atoms with van der Waals surface area (Å²) in [5.41, 5.74) is -3.53. The molecule has 13 heteroatoms. The minimum absolute atomic E-state index is 0.0581. The number of carbonyl (C=O) groups is 2. The van der Waals surface area contributed by atoms with Gasteiger partial charge in [-0.1, -0.05) is 0 Å². The van der Waals surface area contributed by atoms with E-state index in [1.165, 1.54) is 0 Å². The highest BCUT2D eigenvalue weighted by Crippen LogP contribution is 2.42. The van der Waals surface area contributed by atoms with Gasteiger partial charge in [-0.3, -0.25) is 9.59 Å². The van der Waals surface area contributed by atoms with Gasteiger partial charge in [-0.2, -0.15) is 13.2 Å². The maximum atomic E-state index is 13.3. The summed E-state index contributed by atoms with van der Waals surface area (Å²) in [4.78, 5) is 24.8. The van der Waals surface area contributed by atoms with Crippen LogP contribution in [0, 0.1) is 0 Å². The van der Waals surface area contributed by atoms with Crippen LogP contribution in [0.25, 0.3) is 0 Å². The van der Waals surface area contributed by atoms with Crippen molar-refractivity contribution in [2.24, 2.45) is 0 Å². The molecular weight excluding hydrogens is 438 g/mol. The third kappa shape index (κ3) is 6.38. The van der Waals surface area contributed by atoms with Crippen molar-refractivity contribution < 1.29 is 50.2 Å². The molecule has 1 heterocycles. The molecule has 0 saturated carbocycles. The molecule has 0 radical (unpaired) electrons. The zero-order valence-corrected chi connectivity index (χ0v) is 15.8. The van der Waals surface area contributed by atoms with Crippen molar-refractivity contribution >= 4 is 17.5 Å². The maximum Gasteiger partial charge on any atom is 0.573 e. The molecular formula is C18H16F6N2O5. The fraction of sp³-hybridized carbons (Fsp3) is 0.333. The number of nitrogens with one attached hydrogen (secondary N) is 1. The summed E-state index contributed by atoms with van der Waals surface area (Å²) in [5, 5.41) is 12.3. The molecule has 0 unspecified atom stereocenters. The van der Waals surface area contributed by atoms with E-state index in [1.807, 2.05) is 0 Å². The third-order valence-electron chi connectivity index (χ3n) is 3.98. The number of ether oxygens (including phenoxy) is 1. The molecule has 1 aromatic heterocycles. The van der Waals surface area contributed by atoms with Crippen LogP contribution in [0.15, 0.2) is 47.1 Å². The van der Waals surface area contributed by atoms with Crippen molar-refractivity contribution in [3.8, 4) is 5.75 Å². The summed E-state index contributed by atoms with van der Waals surface area (Å²) in [7, 11) is 1.04. The van der Waals surface area contributed by atoms with E-state index >= 15 is 0 Å². The zero-order chi connectivity index (χ0) is 23.4. The monoisotopic (exact) mass is 454 g/mol. The smallest absolute Gasteiger partial charge is 0.466 e. The number of likely N-dealkylation sites (N-methyl/N-ethyl adjacent to an activating group) is 1. The Labute approximate surface area is 171 Å². The van der Waals surface area contributed by atoms with Crippen molar-refractivity contribution in [2.45, 2.75) is 24.6 Å². The first kappa shape index (κ1) is 24.1. The zero-order valence-electron chi connectivity index (χ0n) is 15.8. The second kappa shape index (κ2) is 8.88. The maximum absolute atomic E-state index is 13.3. The van der Waals surface area contributed by atoms with Gasteiger partial charge in [-0.15, -0.1) is 13.2 Å². The molecule has 0 aliphatic heterocycles. The van der Waals surface area contributed by atoms with Crippen LogP contribution in [0.4, 0.5) is 32.0 Å². The molecule has 170 valence electrons. The predicted octanol–water partition coefficient (Wildman–Crippen LogP) is 3.42. The predicted molar refractivity (Wildman–Crippen MR) is 92.7 cm³/mol. The summed E-state index contributed by atoms with van der Waals surface area (Å²) in [6, 6.07) is 6.04. The number of benzene rings is 1. The van der Waals surface area contributed by atoms with Crippen molar-refractivity contribution in [1.29, 1.82) is 0 Å². The topological polar surface area (TPSA) is 92.0 Å². The molecule has 7 nitrogen and oxygen atoms in total. The van der Waals surface area contributed by atoms with Gasteiger partial charge in [0.25, 0.3) is 0 Å². The average Bonchev–Trinajstić information content (AvgIpc) is 3.16. The standard InChI is InChI=1S/C18H16F6N2O5/c1-26(15(28)9-16(29,17(19,20)21)13-3-2-8-30-13)10-14(27)25-11-4-6-12(7-5-11)31-18(22,23)24/h2-8,29H,9-10H2,1H3,(H,25,27)/t16-/m0/s1. The number of nitrogens with zero attached hydrogens (tertiary/aromatic N) is 1. The molecule has 0 fully saturated rings. The molecule has 0 aliphatic carbocycles. The Hall–Kier alpha value is -3.22. The number of furan rings is 1. The lowest BCUT2D eigenvalue weighted by Crippen LogP contribution is -2.47. The molecule has 1 atom stereocenters. The molecule has 0 bridgehead atoms. The third-order valence-corrected chi connectivity index (χ3v) is 3.98. The van der Waals surface area contributed by atoms with Crippen molar-refractivity contribution in [3.05, 3.63) is 48.4 Å². The molecule has 2 aromatic rings.